The van der Waals surface area contributed by atoms with Gasteiger partial charge in [-0.2, -0.15) is 0 Å². The van der Waals surface area contributed by atoms with Gasteiger partial charge in [0.25, 0.3) is 0 Å². The molecule has 0 aromatic carbocycles. The Hall–Kier alpha value is -1.65. The quantitative estimate of drug-likeness (QED) is 0.592. The molecule has 0 aliphatic carbocycles. The Morgan fingerprint density at radius 1 is 1.57 bits per heavy atom. The van der Waals surface area contributed by atoms with E-state index in [1.54, 1.807) is 13.1 Å². The highest BCUT2D eigenvalue weighted by molar-refractivity contribution is 5.56. The lowest BCUT2D eigenvalue weighted by Crippen LogP contribution is -2.12. The summed E-state index contributed by atoms with van der Waals surface area (Å²) in [6.07, 6.45) is 1.61. The summed E-state index contributed by atoms with van der Waals surface area (Å²) in [6, 6.07) is 1.64. The fourth-order valence-corrected chi connectivity index (χ4v) is 1.08. The second-order valence-corrected chi connectivity index (χ2v) is 3.44. The summed E-state index contributed by atoms with van der Waals surface area (Å²) in [6.45, 7) is 5.59. The lowest BCUT2D eigenvalue weighted by atomic mass is 10.2. The van der Waals surface area contributed by atoms with Gasteiger partial charge in [-0.15, -0.1) is 0 Å². The first-order valence-electron chi connectivity index (χ1n) is 4.38. The molecule has 0 saturated heterocycles. The molecule has 14 heavy (non-hydrogen) atoms. The van der Waals surface area contributed by atoms with E-state index in [9.17, 15) is 10.1 Å². The van der Waals surface area contributed by atoms with Gasteiger partial charge in [-0.25, -0.2) is 4.98 Å². The van der Waals surface area contributed by atoms with Crippen molar-refractivity contribution in [2.24, 2.45) is 0 Å². The molecule has 1 N–H and O–H groups in total. The minimum absolute atomic E-state index is 0.0266. The van der Waals surface area contributed by atoms with E-state index in [0.717, 1.165) is 5.56 Å². The summed E-state index contributed by atoms with van der Waals surface area (Å²) in [5, 5.41) is 13.6. The Morgan fingerprint density at radius 3 is 2.71 bits per heavy atom. The molecule has 76 valence electrons. The summed E-state index contributed by atoms with van der Waals surface area (Å²) in [5.74, 6) is 0.329. The van der Waals surface area contributed by atoms with Gasteiger partial charge in [0.2, 0.25) is 5.82 Å². The topological polar surface area (TPSA) is 68.1 Å². The Bertz CT molecular complexity index is 350. The van der Waals surface area contributed by atoms with Crippen LogP contribution in [0.1, 0.15) is 19.4 Å². The number of pyridine rings is 1. The van der Waals surface area contributed by atoms with E-state index in [2.05, 4.69) is 10.3 Å². The standard InChI is InChI=1S/C9H13N3O2/c1-6(2)11-9-8(12(13)14)4-7(3)5-10-9/h4-6H,1-3H3,(H,10,11). The largest absolute Gasteiger partial charge is 0.362 e. The Morgan fingerprint density at radius 2 is 2.21 bits per heavy atom. The Balaban J connectivity index is 3.08. The first-order chi connectivity index (χ1) is 6.50. The Kier molecular flexibility index (Phi) is 3.01. The van der Waals surface area contributed by atoms with Crippen LogP contribution >= 0.6 is 0 Å². The predicted octanol–water partition coefficient (Wildman–Crippen LogP) is 2.12. The van der Waals surface area contributed by atoms with E-state index in [4.69, 9.17) is 0 Å². The van der Waals surface area contributed by atoms with Gasteiger partial charge in [-0.1, -0.05) is 0 Å². The third-order valence-electron chi connectivity index (χ3n) is 1.63. The zero-order valence-corrected chi connectivity index (χ0v) is 8.44. The molecule has 0 radical (unpaired) electrons. The van der Waals surface area contributed by atoms with Crippen LogP contribution in [0.4, 0.5) is 11.5 Å². The molecule has 5 nitrogen and oxygen atoms in total. The average molecular weight is 195 g/mol. The maximum Gasteiger partial charge on any atom is 0.311 e. The molecule has 1 rings (SSSR count). The molecular formula is C9H13N3O2. The van der Waals surface area contributed by atoms with E-state index in [1.165, 1.54) is 6.07 Å². The van der Waals surface area contributed by atoms with Crippen molar-refractivity contribution in [2.75, 3.05) is 5.32 Å². The highest BCUT2D eigenvalue weighted by Crippen LogP contribution is 2.22. The normalized spacial score (nSPS) is 10.3. The van der Waals surface area contributed by atoms with Crippen LogP contribution in [0, 0.1) is 17.0 Å². The van der Waals surface area contributed by atoms with Gasteiger partial charge in [0.05, 0.1) is 4.92 Å². The van der Waals surface area contributed by atoms with Crippen molar-refractivity contribution >= 4 is 11.5 Å². The third kappa shape index (κ3) is 2.42. The van der Waals surface area contributed by atoms with Gasteiger partial charge >= 0.3 is 5.69 Å². The number of nitrogens with one attached hydrogen (secondary N) is 1. The maximum absolute atomic E-state index is 10.7. The number of rotatable bonds is 3. The van der Waals surface area contributed by atoms with Gasteiger partial charge in [-0.3, -0.25) is 10.1 Å². The van der Waals surface area contributed by atoms with E-state index >= 15 is 0 Å². The van der Waals surface area contributed by atoms with Gasteiger partial charge in [0.15, 0.2) is 0 Å². The molecule has 0 bridgehead atoms. The molecule has 1 heterocycles. The van der Waals surface area contributed by atoms with Crippen LogP contribution in [0.15, 0.2) is 12.3 Å². The summed E-state index contributed by atoms with van der Waals surface area (Å²) in [5.41, 5.74) is 0.810. The minimum Gasteiger partial charge on any atom is -0.362 e. The molecule has 5 heteroatoms. The zero-order valence-electron chi connectivity index (χ0n) is 8.44. The van der Waals surface area contributed by atoms with Gasteiger partial charge in [-0.05, 0) is 26.3 Å². The van der Waals surface area contributed by atoms with Crippen LogP contribution in [-0.2, 0) is 0 Å². The zero-order chi connectivity index (χ0) is 10.7. The molecule has 0 amide bonds. The first kappa shape index (κ1) is 10.4. The molecule has 0 unspecified atom stereocenters. The van der Waals surface area contributed by atoms with Crippen LogP contribution in [-0.4, -0.2) is 15.9 Å². The van der Waals surface area contributed by atoms with Crippen LogP contribution < -0.4 is 5.32 Å². The van der Waals surface area contributed by atoms with Crippen molar-refractivity contribution in [3.63, 3.8) is 0 Å². The highest BCUT2D eigenvalue weighted by Gasteiger charge is 2.15. The van der Waals surface area contributed by atoms with E-state index in [1.807, 2.05) is 13.8 Å². The average Bonchev–Trinajstić information content (AvgIpc) is 2.07. The van der Waals surface area contributed by atoms with E-state index in [0.29, 0.717) is 5.82 Å². The van der Waals surface area contributed by atoms with Crippen molar-refractivity contribution in [3.05, 3.63) is 27.9 Å². The van der Waals surface area contributed by atoms with Crippen molar-refractivity contribution < 1.29 is 4.92 Å². The summed E-state index contributed by atoms with van der Waals surface area (Å²) < 4.78 is 0. The molecule has 0 aliphatic heterocycles. The van der Waals surface area contributed by atoms with Crippen LogP contribution in [0.3, 0.4) is 0 Å². The molecule has 0 atom stereocenters. The molecule has 1 aromatic rings. The number of anilines is 1. The number of hydrogen-bond acceptors (Lipinski definition) is 4. The highest BCUT2D eigenvalue weighted by atomic mass is 16.6. The number of hydrogen-bond donors (Lipinski definition) is 1. The molecule has 0 fully saturated rings. The van der Waals surface area contributed by atoms with Crippen LogP contribution in [0.25, 0.3) is 0 Å². The second kappa shape index (κ2) is 4.04. The lowest BCUT2D eigenvalue weighted by Gasteiger charge is -2.08. The molecule has 0 aliphatic rings. The first-order valence-corrected chi connectivity index (χ1v) is 4.38. The Labute approximate surface area is 82.3 Å². The monoisotopic (exact) mass is 195 g/mol. The summed E-state index contributed by atoms with van der Waals surface area (Å²) in [4.78, 5) is 14.2. The minimum atomic E-state index is -0.426. The number of nitrogens with zero attached hydrogens (tertiary/aromatic N) is 2. The lowest BCUT2D eigenvalue weighted by molar-refractivity contribution is -0.384. The molecule has 1 aromatic heterocycles. The molecular weight excluding hydrogens is 182 g/mol. The van der Waals surface area contributed by atoms with Crippen molar-refractivity contribution in [1.29, 1.82) is 0 Å². The van der Waals surface area contributed by atoms with E-state index < -0.39 is 4.92 Å². The van der Waals surface area contributed by atoms with Crippen LogP contribution in [0.2, 0.25) is 0 Å². The van der Waals surface area contributed by atoms with Gasteiger partial charge in [0, 0.05) is 18.3 Å². The SMILES string of the molecule is Cc1cnc(NC(C)C)c([N+](=O)[O-])c1. The van der Waals surface area contributed by atoms with Crippen molar-refractivity contribution in [1.82, 2.24) is 4.98 Å². The summed E-state index contributed by atoms with van der Waals surface area (Å²) >= 11 is 0. The van der Waals surface area contributed by atoms with Crippen LogP contribution in [0.5, 0.6) is 0 Å². The smallest absolute Gasteiger partial charge is 0.311 e. The number of aryl methyl sites for hydroxylation is 1. The van der Waals surface area contributed by atoms with Crippen molar-refractivity contribution in [2.45, 2.75) is 26.8 Å². The third-order valence-corrected chi connectivity index (χ3v) is 1.63. The van der Waals surface area contributed by atoms with Crippen molar-refractivity contribution in [3.8, 4) is 0 Å². The molecule has 0 spiro atoms. The molecule has 0 saturated carbocycles. The van der Waals surface area contributed by atoms with Gasteiger partial charge < -0.3 is 5.32 Å². The maximum atomic E-state index is 10.7. The fraction of sp³-hybridized carbons (Fsp3) is 0.444. The summed E-state index contributed by atoms with van der Waals surface area (Å²) in [7, 11) is 0. The second-order valence-electron chi connectivity index (χ2n) is 3.44. The number of nitro groups is 1. The predicted molar refractivity (Wildman–Crippen MR) is 54.4 cm³/mol. The fourth-order valence-electron chi connectivity index (χ4n) is 1.08. The number of aromatic nitrogens is 1. The van der Waals surface area contributed by atoms with E-state index in [-0.39, 0.29) is 11.7 Å². The van der Waals surface area contributed by atoms with Gasteiger partial charge in [0.1, 0.15) is 0 Å².